The van der Waals surface area contributed by atoms with E-state index in [9.17, 15) is 29.7 Å². The van der Waals surface area contributed by atoms with E-state index < -0.39 is 40.5 Å². The molecule has 0 spiro atoms. The summed E-state index contributed by atoms with van der Waals surface area (Å²) >= 11 is 0. The zero-order valence-electron chi connectivity index (χ0n) is 28.3. The number of unbranched alkanes of at least 4 members (excludes halogenated alkanes) is 18. The lowest BCUT2D eigenvalue weighted by Gasteiger charge is -2.51. The molecular formula is C36H67NO6. The van der Waals surface area contributed by atoms with Crippen LogP contribution in [-0.2, 0) is 14.4 Å². The molecule has 0 aliphatic carbocycles. The lowest BCUT2D eigenvalue weighted by Crippen LogP contribution is -2.73. The standard InChI is InChI=1S/C36H67NO6/c1-5-9-10-11-12-13-14-15-16-17-18-19-20-21-22-23-24-25-26-27-28-29-30-37(31(6-2)34(38)39,32(7-3)35(40)41)33(8-4)36(42)43/h22-23,31-33H,5-21,24-30H2,1-4H3,(H2-,38,39,40,41,42,43)/b23-22-. The molecule has 0 heterocycles. The summed E-state index contributed by atoms with van der Waals surface area (Å²) in [5, 5.41) is 32.2. The smallest absolute Gasteiger partial charge is 0.362 e. The van der Waals surface area contributed by atoms with Crippen LogP contribution in [0.15, 0.2) is 12.2 Å². The van der Waals surface area contributed by atoms with Gasteiger partial charge in [-0.05, 0) is 38.5 Å². The van der Waals surface area contributed by atoms with Gasteiger partial charge in [0.15, 0.2) is 12.1 Å². The third-order valence-electron chi connectivity index (χ3n) is 9.30. The average molecular weight is 610 g/mol. The Morgan fingerprint density at radius 1 is 0.535 bits per heavy atom. The summed E-state index contributed by atoms with van der Waals surface area (Å²) in [6.45, 7) is 7.53. The minimum atomic E-state index is -1.37. The highest BCUT2D eigenvalue weighted by molar-refractivity contribution is 5.77. The van der Waals surface area contributed by atoms with Crippen molar-refractivity contribution in [2.45, 2.75) is 193 Å². The fourth-order valence-corrected chi connectivity index (χ4v) is 6.96. The first-order chi connectivity index (χ1) is 20.7. The van der Waals surface area contributed by atoms with Crippen molar-refractivity contribution >= 4 is 17.9 Å². The lowest BCUT2D eigenvalue weighted by molar-refractivity contribution is -0.974. The minimum Gasteiger partial charge on any atom is -0.544 e. The summed E-state index contributed by atoms with van der Waals surface area (Å²) in [7, 11) is 0. The number of hydrogen-bond donors (Lipinski definition) is 2. The Bertz CT molecular complexity index is 697. The Balaban J connectivity index is 4.34. The Labute approximate surface area is 264 Å². The van der Waals surface area contributed by atoms with E-state index in [1.54, 1.807) is 20.8 Å². The highest BCUT2D eigenvalue weighted by Crippen LogP contribution is 2.32. The maximum Gasteiger partial charge on any atom is 0.362 e. The highest BCUT2D eigenvalue weighted by atomic mass is 16.4. The molecule has 0 aromatic carbocycles. The number of hydrogen-bond acceptors (Lipinski definition) is 4. The SMILES string of the molecule is CCCCCCCCCCCCCCC/C=C\CCCCCCC[N+](C(CC)C(=O)[O-])(C(CC)C(=O)O)C(CC)C(=O)O. The summed E-state index contributed by atoms with van der Waals surface area (Å²) in [6, 6.07) is -3.39. The molecule has 43 heavy (non-hydrogen) atoms. The summed E-state index contributed by atoms with van der Waals surface area (Å²) in [6.07, 6.45) is 29.6. The second kappa shape index (κ2) is 26.5. The van der Waals surface area contributed by atoms with Crippen molar-refractivity contribution in [1.82, 2.24) is 0 Å². The van der Waals surface area contributed by atoms with Crippen LogP contribution in [0.3, 0.4) is 0 Å². The van der Waals surface area contributed by atoms with E-state index in [1.165, 1.54) is 83.5 Å². The van der Waals surface area contributed by atoms with Crippen LogP contribution in [-0.4, -0.2) is 57.3 Å². The molecule has 0 aliphatic heterocycles. The Morgan fingerprint density at radius 3 is 1.16 bits per heavy atom. The van der Waals surface area contributed by atoms with Gasteiger partial charge in [0.1, 0.15) is 6.04 Å². The second-order valence-corrected chi connectivity index (χ2v) is 12.5. The van der Waals surface area contributed by atoms with Gasteiger partial charge in [-0.2, -0.15) is 0 Å². The van der Waals surface area contributed by atoms with E-state index in [0.29, 0.717) is 6.42 Å². The number of allylic oxidation sites excluding steroid dienone is 2. The molecule has 0 rings (SSSR count). The van der Waals surface area contributed by atoms with Gasteiger partial charge >= 0.3 is 11.9 Å². The van der Waals surface area contributed by atoms with E-state index in [2.05, 4.69) is 19.1 Å². The van der Waals surface area contributed by atoms with Crippen LogP contribution < -0.4 is 5.11 Å². The largest absolute Gasteiger partial charge is 0.544 e. The van der Waals surface area contributed by atoms with Crippen LogP contribution in [0.2, 0.25) is 0 Å². The third-order valence-corrected chi connectivity index (χ3v) is 9.30. The minimum absolute atomic E-state index is 0.127. The van der Waals surface area contributed by atoms with Crippen molar-refractivity contribution in [3.05, 3.63) is 12.2 Å². The third kappa shape index (κ3) is 16.7. The molecule has 0 radical (unpaired) electrons. The highest BCUT2D eigenvalue weighted by Gasteiger charge is 2.53. The van der Waals surface area contributed by atoms with Gasteiger partial charge in [0.2, 0.25) is 0 Å². The molecule has 3 unspecified atom stereocenters. The van der Waals surface area contributed by atoms with Gasteiger partial charge in [0, 0.05) is 19.3 Å². The van der Waals surface area contributed by atoms with Crippen molar-refractivity contribution in [1.29, 1.82) is 0 Å². The molecule has 252 valence electrons. The first kappa shape index (κ1) is 41.1. The summed E-state index contributed by atoms with van der Waals surface area (Å²) in [5.74, 6) is -3.66. The summed E-state index contributed by atoms with van der Waals surface area (Å²) in [5.41, 5.74) is 0. The summed E-state index contributed by atoms with van der Waals surface area (Å²) < 4.78 is -0.474. The molecule has 0 aliphatic rings. The van der Waals surface area contributed by atoms with Gasteiger partial charge in [-0.25, -0.2) is 9.59 Å². The van der Waals surface area contributed by atoms with Crippen LogP contribution in [0.1, 0.15) is 175 Å². The number of aliphatic carboxylic acids is 3. The van der Waals surface area contributed by atoms with Crippen LogP contribution in [0.25, 0.3) is 0 Å². The predicted molar refractivity (Wildman–Crippen MR) is 175 cm³/mol. The van der Waals surface area contributed by atoms with Crippen molar-refractivity contribution in [2.75, 3.05) is 6.54 Å². The van der Waals surface area contributed by atoms with Crippen LogP contribution >= 0.6 is 0 Å². The van der Waals surface area contributed by atoms with Crippen molar-refractivity contribution < 1.29 is 34.2 Å². The molecule has 3 atom stereocenters. The number of carbonyl (C=O) groups excluding carboxylic acids is 1. The maximum absolute atomic E-state index is 12.3. The Hall–Kier alpha value is -1.89. The zero-order chi connectivity index (χ0) is 32.3. The number of nitrogens with zero attached hydrogens (tertiary/aromatic N) is 1. The molecule has 7 nitrogen and oxygen atoms in total. The van der Waals surface area contributed by atoms with Crippen LogP contribution in [0.5, 0.6) is 0 Å². The Kier molecular flexibility index (Phi) is 25.3. The van der Waals surface area contributed by atoms with Crippen molar-refractivity contribution in [3.8, 4) is 0 Å². The number of rotatable bonds is 31. The molecule has 0 bridgehead atoms. The number of carbonyl (C=O) groups is 3. The van der Waals surface area contributed by atoms with Gasteiger partial charge in [-0.15, -0.1) is 0 Å². The van der Waals surface area contributed by atoms with E-state index in [-0.39, 0.29) is 25.8 Å². The quantitative estimate of drug-likeness (QED) is 0.0463. The predicted octanol–water partition coefficient (Wildman–Crippen LogP) is 8.44. The second-order valence-electron chi connectivity index (χ2n) is 12.5. The van der Waals surface area contributed by atoms with E-state index in [1.807, 2.05) is 0 Å². The first-order valence-electron chi connectivity index (χ1n) is 17.9. The van der Waals surface area contributed by atoms with E-state index >= 15 is 0 Å². The maximum atomic E-state index is 12.3. The van der Waals surface area contributed by atoms with Gasteiger partial charge < -0.3 is 20.1 Å². The van der Waals surface area contributed by atoms with Crippen molar-refractivity contribution in [2.24, 2.45) is 0 Å². The topological polar surface area (TPSA) is 115 Å². The molecular weight excluding hydrogens is 542 g/mol. The molecule has 7 heteroatoms. The van der Waals surface area contributed by atoms with Gasteiger partial charge in [0.05, 0.1) is 12.5 Å². The number of carboxylic acids is 3. The number of quaternary nitrogens is 1. The van der Waals surface area contributed by atoms with E-state index in [4.69, 9.17) is 0 Å². The fraction of sp³-hybridized carbons (Fsp3) is 0.861. The molecule has 0 aromatic rings. The molecule has 0 saturated carbocycles. The van der Waals surface area contributed by atoms with Crippen LogP contribution in [0.4, 0.5) is 0 Å². The average Bonchev–Trinajstić information content (AvgIpc) is 2.96. The molecule has 0 fully saturated rings. The normalized spacial score (nSPS) is 15.3. The Morgan fingerprint density at radius 2 is 0.860 bits per heavy atom. The number of carboxylic acid groups (broad SMARTS) is 3. The fourth-order valence-electron chi connectivity index (χ4n) is 6.96. The van der Waals surface area contributed by atoms with Gasteiger partial charge in [-0.3, -0.25) is 4.48 Å². The van der Waals surface area contributed by atoms with Crippen LogP contribution in [0, 0.1) is 0 Å². The lowest BCUT2D eigenvalue weighted by atomic mass is 9.94. The van der Waals surface area contributed by atoms with Gasteiger partial charge in [0.25, 0.3) is 0 Å². The van der Waals surface area contributed by atoms with Crippen molar-refractivity contribution in [3.63, 3.8) is 0 Å². The first-order valence-corrected chi connectivity index (χ1v) is 17.9. The van der Waals surface area contributed by atoms with E-state index in [0.717, 1.165) is 38.5 Å². The van der Waals surface area contributed by atoms with Gasteiger partial charge in [-0.1, -0.05) is 130 Å². The zero-order valence-corrected chi connectivity index (χ0v) is 28.3. The summed E-state index contributed by atoms with van der Waals surface area (Å²) in [4.78, 5) is 36.7. The molecule has 0 amide bonds. The molecule has 0 aromatic heterocycles. The monoisotopic (exact) mass is 609 g/mol. The molecule has 0 saturated heterocycles. The molecule has 2 N–H and O–H groups in total.